The zero-order valence-corrected chi connectivity index (χ0v) is 15.1. The molecule has 0 saturated heterocycles. The summed E-state index contributed by atoms with van der Waals surface area (Å²) < 4.78 is 0. The van der Waals surface area contributed by atoms with E-state index in [1.807, 2.05) is 36.4 Å². The number of anilines is 2. The van der Waals surface area contributed by atoms with Crippen LogP contribution in [0.3, 0.4) is 0 Å². The SMILES string of the molecule is CC(=O)Nc1cccc(CNC(=O)CC2Sc3ccccc3NC2=O)c1. The van der Waals surface area contributed by atoms with Gasteiger partial charge in [-0.1, -0.05) is 24.3 Å². The van der Waals surface area contributed by atoms with Crippen LogP contribution >= 0.6 is 11.8 Å². The van der Waals surface area contributed by atoms with Crippen LogP contribution in [0.15, 0.2) is 53.4 Å². The predicted octanol–water partition coefficient (Wildman–Crippen LogP) is 2.76. The number of hydrogen-bond donors (Lipinski definition) is 3. The van der Waals surface area contributed by atoms with Crippen LogP contribution in [0, 0.1) is 0 Å². The fourth-order valence-electron chi connectivity index (χ4n) is 2.63. The summed E-state index contributed by atoms with van der Waals surface area (Å²) in [7, 11) is 0. The first-order valence-electron chi connectivity index (χ1n) is 8.21. The van der Waals surface area contributed by atoms with Crippen molar-refractivity contribution < 1.29 is 14.4 Å². The number of carbonyl (C=O) groups is 3. The molecule has 3 rings (SSSR count). The maximum absolute atomic E-state index is 12.2. The first-order valence-corrected chi connectivity index (χ1v) is 9.09. The molecule has 3 amide bonds. The molecule has 1 aliphatic rings. The van der Waals surface area contributed by atoms with E-state index in [2.05, 4.69) is 16.0 Å². The topological polar surface area (TPSA) is 87.3 Å². The Hall–Kier alpha value is -2.80. The Morgan fingerprint density at radius 2 is 1.96 bits per heavy atom. The molecule has 0 aromatic heterocycles. The Kier molecular flexibility index (Phi) is 5.58. The highest BCUT2D eigenvalue weighted by Gasteiger charge is 2.28. The quantitative estimate of drug-likeness (QED) is 0.756. The van der Waals surface area contributed by atoms with Crippen LogP contribution in [0.4, 0.5) is 11.4 Å². The molecule has 1 heterocycles. The third-order valence-corrected chi connectivity index (χ3v) is 5.09. The molecule has 2 aromatic carbocycles. The van der Waals surface area contributed by atoms with Crippen molar-refractivity contribution in [3.05, 3.63) is 54.1 Å². The molecule has 1 atom stereocenters. The van der Waals surface area contributed by atoms with E-state index < -0.39 is 5.25 Å². The minimum absolute atomic E-state index is 0.107. The first kappa shape index (κ1) is 18.0. The maximum atomic E-state index is 12.2. The molecular formula is C19H19N3O3S. The Morgan fingerprint density at radius 1 is 1.15 bits per heavy atom. The molecule has 134 valence electrons. The minimum Gasteiger partial charge on any atom is -0.352 e. The number of carbonyl (C=O) groups excluding carboxylic acids is 3. The highest BCUT2D eigenvalue weighted by Crippen LogP contribution is 2.36. The lowest BCUT2D eigenvalue weighted by Crippen LogP contribution is -2.34. The molecule has 0 saturated carbocycles. The largest absolute Gasteiger partial charge is 0.352 e. The first-order chi connectivity index (χ1) is 12.5. The number of hydrogen-bond acceptors (Lipinski definition) is 4. The van der Waals surface area contributed by atoms with E-state index in [1.165, 1.54) is 18.7 Å². The molecule has 0 spiro atoms. The summed E-state index contributed by atoms with van der Waals surface area (Å²) in [5.41, 5.74) is 2.34. The summed E-state index contributed by atoms with van der Waals surface area (Å²) in [6.07, 6.45) is 0.107. The van der Waals surface area contributed by atoms with Gasteiger partial charge in [-0.15, -0.1) is 11.8 Å². The van der Waals surface area contributed by atoms with E-state index in [1.54, 1.807) is 12.1 Å². The molecular weight excluding hydrogens is 350 g/mol. The van der Waals surface area contributed by atoms with Crippen molar-refractivity contribution in [1.29, 1.82) is 0 Å². The second-order valence-electron chi connectivity index (χ2n) is 5.95. The molecule has 26 heavy (non-hydrogen) atoms. The van der Waals surface area contributed by atoms with Crippen molar-refractivity contribution in [2.24, 2.45) is 0 Å². The summed E-state index contributed by atoms with van der Waals surface area (Å²) in [4.78, 5) is 36.5. The fourth-order valence-corrected chi connectivity index (χ4v) is 3.74. The Labute approximate surface area is 155 Å². The zero-order valence-electron chi connectivity index (χ0n) is 14.2. The van der Waals surface area contributed by atoms with Crippen molar-refractivity contribution >= 4 is 40.9 Å². The fraction of sp³-hybridized carbons (Fsp3) is 0.211. The lowest BCUT2D eigenvalue weighted by Gasteiger charge is -2.23. The maximum Gasteiger partial charge on any atom is 0.238 e. The number of para-hydroxylation sites is 1. The molecule has 0 aliphatic carbocycles. The second kappa shape index (κ2) is 8.05. The molecule has 1 unspecified atom stereocenters. The highest BCUT2D eigenvalue weighted by atomic mass is 32.2. The lowest BCUT2D eigenvalue weighted by atomic mass is 10.2. The van der Waals surface area contributed by atoms with Gasteiger partial charge in [0.1, 0.15) is 0 Å². The summed E-state index contributed by atoms with van der Waals surface area (Å²) in [6.45, 7) is 1.78. The molecule has 2 aromatic rings. The molecule has 1 aliphatic heterocycles. The van der Waals surface area contributed by atoms with E-state index >= 15 is 0 Å². The summed E-state index contributed by atoms with van der Waals surface area (Å²) in [5, 5.41) is 7.92. The smallest absolute Gasteiger partial charge is 0.238 e. The van der Waals surface area contributed by atoms with E-state index in [0.717, 1.165) is 16.1 Å². The van der Waals surface area contributed by atoms with E-state index in [9.17, 15) is 14.4 Å². The summed E-state index contributed by atoms with van der Waals surface area (Å²) >= 11 is 1.40. The second-order valence-corrected chi connectivity index (χ2v) is 7.20. The van der Waals surface area contributed by atoms with Gasteiger partial charge in [0.05, 0.1) is 10.9 Å². The molecule has 3 N–H and O–H groups in total. The van der Waals surface area contributed by atoms with Gasteiger partial charge < -0.3 is 16.0 Å². The van der Waals surface area contributed by atoms with Crippen molar-refractivity contribution in [3.63, 3.8) is 0 Å². The molecule has 0 fully saturated rings. The average Bonchev–Trinajstić information content (AvgIpc) is 2.60. The van der Waals surface area contributed by atoms with Gasteiger partial charge in [0.15, 0.2) is 0 Å². The van der Waals surface area contributed by atoms with Crippen molar-refractivity contribution in [2.45, 2.75) is 30.0 Å². The number of amides is 3. The van der Waals surface area contributed by atoms with Gasteiger partial charge in [-0.05, 0) is 29.8 Å². The number of fused-ring (bicyclic) bond motifs is 1. The van der Waals surface area contributed by atoms with Gasteiger partial charge >= 0.3 is 0 Å². The molecule has 0 bridgehead atoms. The van der Waals surface area contributed by atoms with Gasteiger partial charge in [0, 0.05) is 30.5 Å². The van der Waals surface area contributed by atoms with Gasteiger partial charge in [-0.25, -0.2) is 0 Å². The number of benzene rings is 2. The van der Waals surface area contributed by atoms with E-state index in [4.69, 9.17) is 0 Å². The van der Waals surface area contributed by atoms with E-state index in [-0.39, 0.29) is 24.1 Å². The van der Waals surface area contributed by atoms with Crippen molar-refractivity contribution in [2.75, 3.05) is 10.6 Å². The average molecular weight is 369 g/mol. The zero-order chi connectivity index (χ0) is 18.5. The van der Waals surface area contributed by atoms with Gasteiger partial charge in [-0.2, -0.15) is 0 Å². The van der Waals surface area contributed by atoms with Gasteiger partial charge in [0.25, 0.3) is 0 Å². The van der Waals surface area contributed by atoms with Crippen LogP contribution in [0.1, 0.15) is 18.9 Å². The third kappa shape index (κ3) is 4.64. The Morgan fingerprint density at radius 3 is 2.77 bits per heavy atom. The number of rotatable bonds is 5. The minimum atomic E-state index is -0.449. The molecule has 0 radical (unpaired) electrons. The standard InChI is InChI=1S/C19H19N3O3S/c1-12(23)21-14-6-4-5-13(9-14)11-20-18(24)10-17-19(25)22-15-7-2-3-8-16(15)26-17/h2-9,17H,10-11H2,1H3,(H,20,24)(H,21,23)(H,22,25). The normalized spacial score (nSPS) is 15.6. The number of nitrogens with one attached hydrogen (secondary N) is 3. The monoisotopic (exact) mass is 369 g/mol. The summed E-state index contributed by atoms with van der Waals surface area (Å²) in [6, 6.07) is 14.8. The molecule has 6 nitrogen and oxygen atoms in total. The van der Waals surface area contributed by atoms with Crippen molar-refractivity contribution in [1.82, 2.24) is 5.32 Å². The van der Waals surface area contributed by atoms with Crippen LogP contribution in [0.25, 0.3) is 0 Å². The van der Waals surface area contributed by atoms with Crippen LogP contribution in [0.2, 0.25) is 0 Å². The van der Waals surface area contributed by atoms with Crippen LogP contribution in [-0.2, 0) is 20.9 Å². The van der Waals surface area contributed by atoms with Crippen LogP contribution < -0.4 is 16.0 Å². The van der Waals surface area contributed by atoms with E-state index in [0.29, 0.717) is 12.2 Å². The van der Waals surface area contributed by atoms with Crippen LogP contribution in [-0.4, -0.2) is 23.0 Å². The number of thioether (sulfide) groups is 1. The highest BCUT2D eigenvalue weighted by molar-refractivity contribution is 8.01. The Balaban J connectivity index is 1.55. The summed E-state index contributed by atoms with van der Waals surface area (Å²) in [5.74, 6) is -0.495. The van der Waals surface area contributed by atoms with Gasteiger partial charge in [0.2, 0.25) is 17.7 Å². The Bertz CT molecular complexity index is 853. The van der Waals surface area contributed by atoms with Crippen LogP contribution in [0.5, 0.6) is 0 Å². The lowest BCUT2D eigenvalue weighted by molar-refractivity contribution is -0.124. The van der Waals surface area contributed by atoms with Crippen molar-refractivity contribution in [3.8, 4) is 0 Å². The predicted molar refractivity (Wildman–Crippen MR) is 102 cm³/mol. The third-order valence-electron chi connectivity index (χ3n) is 3.81. The van der Waals surface area contributed by atoms with Gasteiger partial charge in [-0.3, -0.25) is 14.4 Å². The molecule has 7 heteroatoms.